The first-order valence-electron chi connectivity index (χ1n) is 9.22. The van der Waals surface area contributed by atoms with Gasteiger partial charge in [-0.3, -0.25) is 0 Å². The van der Waals surface area contributed by atoms with Gasteiger partial charge in [-0.2, -0.15) is 9.61 Å². The van der Waals surface area contributed by atoms with Crippen LogP contribution in [-0.4, -0.2) is 19.7 Å². The van der Waals surface area contributed by atoms with Crippen molar-refractivity contribution in [1.82, 2.24) is 14.6 Å². The van der Waals surface area contributed by atoms with Crippen LogP contribution in [0.5, 0.6) is 5.88 Å². The summed E-state index contributed by atoms with van der Waals surface area (Å²) in [5, 5.41) is 14.5. The number of benzene rings is 2. The monoisotopic (exact) mass is 395 g/mol. The molecule has 0 aliphatic heterocycles. The quantitative estimate of drug-likeness (QED) is 0.509. The second kappa shape index (κ2) is 8.36. The summed E-state index contributed by atoms with van der Waals surface area (Å²) in [5.74, 6) is -1.79. The maximum Gasteiger partial charge on any atom is 0.215 e. The molecular formula is C22H19F2N3O2. The molecule has 0 spiro atoms. The first kappa shape index (κ1) is 19.0. The minimum Gasteiger partial charge on any atom is -0.493 e. The maximum atomic E-state index is 13.8. The van der Waals surface area contributed by atoms with Crippen molar-refractivity contribution >= 4 is 5.65 Å². The van der Waals surface area contributed by atoms with E-state index >= 15 is 0 Å². The van der Waals surface area contributed by atoms with E-state index in [0.29, 0.717) is 30.1 Å². The van der Waals surface area contributed by atoms with E-state index in [4.69, 9.17) is 4.74 Å². The van der Waals surface area contributed by atoms with Gasteiger partial charge in [0.25, 0.3) is 0 Å². The third-order valence-corrected chi connectivity index (χ3v) is 4.56. The fraction of sp³-hybridized carbons (Fsp3) is 0.182. The smallest absolute Gasteiger partial charge is 0.215 e. The Kier molecular flexibility index (Phi) is 5.48. The van der Waals surface area contributed by atoms with Crippen LogP contribution in [0.1, 0.15) is 22.5 Å². The Bertz CT molecular complexity index is 1130. The molecule has 2 heterocycles. The zero-order chi connectivity index (χ0) is 20.2. The Balaban J connectivity index is 1.44. The predicted molar refractivity (Wildman–Crippen MR) is 103 cm³/mol. The lowest BCUT2D eigenvalue weighted by molar-refractivity contribution is 0.104. The topological polar surface area (TPSA) is 59.7 Å². The molecule has 0 amide bonds. The Hall–Kier alpha value is -3.32. The lowest BCUT2D eigenvalue weighted by Gasteiger charge is -2.05. The molecule has 0 atom stereocenters. The Morgan fingerprint density at radius 1 is 0.897 bits per heavy atom. The van der Waals surface area contributed by atoms with Gasteiger partial charge in [0.05, 0.1) is 18.9 Å². The molecule has 0 saturated heterocycles. The van der Waals surface area contributed by atoms with Crippen LogP contribution in [0.4, 0.5) is 8.78 Å². The van der Waals surface area contributed by atoms with Gasteiger partial charge in [-0.1, -0.05) is 42.5 Å². The summed E-state index contributed by atoms with van der Waals surface area (Å²) in [4.78, 5) is 4.46. The van der Waals surface area contributed by atoms with Crippen molar-refractivity contribution in [3.8, 4) is 5.88 Å². The molecule has 29 heavy (non-hydrogen) atoms. The second-order valence-corrected chi connectivity index (χ2v) is 6.70. The Morgan fingerprint density at radius 2 is 1.72 bits per heavy atom. The number of hydrogen-bond donors (Lipinski definition) is 1. The van der Waals surface area contributed by atoms with Crippen LogP contribution in [0.3, 0.4) is 0 Å². The third kappa shape index (κ3) is 4.41. The summed E-state index contributed by atoms with van der Waals surface area (Å²) in [7, 11) is 0. The summed E-state index contributed by atoms with van der Waals surface area (Å²) in [6, 6.07) is 17.1. The Morgan fingerprint density at radius 3 is 2.55 bits per heavy atom. The molecular weight excluding hydrogens is 376 g/mol. The number of aryl methyl sites for hydroxylation is 2. The van der Waals surface area contributed by atoms with Crippen molar-refractivity contribution in [3.63, 3.8) is 0 Å². The van der Waals surface area contributed by atoms with E-state index in [1.165, 1.54) is 22.7 Å². The molecule has 7 heteroatoms. The minimum absolute atomic E-state index is 0.0703. The van der Waals surface area contributed by atoms with Crippen LogP contribution in [0, 0.1) is 11.6 Å². The molecule has 2 aromatic carbocycles. The van der Waals surface area contributed by atoms with Crippen molar-refractivity contribution in [2.45, 2.75) is 26.1 Å². The number of rotatable bonds is 7. The maximum absolute atomic E-state index is 13.8. The fourth-order valence-corrected chi connectivity index (χ4v) is 3.11. The van der Waals surface area contributed by atoms with E-state index in [9.17, 15) is 13.9 Å². The van der Waals surface area contributed by atoms with E-state index in [2.05, 4.69) is 10.1 Å². The standard InChI is InChI=1S/C22H19F2N3O2/c23-19-8-4-7-16(22(19)24)9-10-17-12-21(28)27-20(25-17)11-18(26-27)14-29-13-15-5-2-1-3-6-15/h1-8,11-12,28H,9-10,13-14H2. The molecule has 4 rings (SSSR count). The third-order valence-electron chi connectivity index (χ3n) is 4.56. The van der Waals surface area contributed by atoms with Crippen LogP contribution < -0.4 is 0 Å². The number of hydrogen-bond acceptors (Lipinski definition) is 4. The van der Waals surface area contributed by atoms with E-state index in [1.54, 1.807) is 6.07 Å². The lowest BCUT2D eigenvalue weighted by atomic mass is 10.1. The number of fused-ring (bicyclic) bond motifs is 1. The summed E-state index contributed by atoms with van der Waals surface area (Å²) in [6.45, 7) is 0.736. The SMILES string of the molecule is Oc1cc(CCc2cccc(F)c2F)nc2cc(COCc3ccccc3)nn12. The summed E-state index contributed by atoms with van der Waals surface area (Å²) in [6.07, 6.45) is 0.628. The van der Waals surface area contributed by atoms with E-state index in [1.807, 2.05) is 30.3 Å². The molecule has 5 nitrogen and oxygen atoms in total. The van der Waals surface area contributed by atoms with Gasteiger partial charge < -0.3 is 9.84 Å². The molecule has 0 bridgehead atoms. The number of aromatic hydroxyl groups is 1. The van der Waals surface area contributed by atoms with Gasteiger partial charge in [0.15, 0.2) is 17.3 Å². The molecule has 0 radical (unpaired) electrons. The van der Waals surface area contributed by atoms with Gasteiger partial charge in [-0.25, -0.2) is 13.8 Å². The van der Waals surface area contributed by atoms with E-state index in [-0.39, 0.29) is 24.5 Å². The molecule has 4 aromatic rings. The molecule has 2 aromatic heterocycles. The highest BCUT2D eigenvalue weighted by Crippen LogP contribution is 2.18. The summed E-state index contributed by atoms with van der Waals surface area (Å²) < 4.78 is 34.1. The largest absolute Gasteiger partial charge is 0.493 e. The van der Waals surface area contributed by atoms with Crippen LogP contribution in [-0.2, 0) is 30.8 Å². The van der Waals surface area contributed by atoms with Crippen molar-refractivity contribution in [2.24, 2.45) is 0 Å². The zero-order valence-corrected chi connectivity index (χ0v) is 15.6. The van der Waals surface area contributed by atoms with Gasteiger partial charge in [0, 0.05) is 17.8 Å². The minimum atomic E-state index is -0.871. The van der Waals surface area contributed by atoms with Crippen molar-refractivity contribution < 1.29 is 18.6 Å². The predicted octanol–water partition coefficient (Wildman–Crippen LogP) is 4.22. The average molecular weight is 395 g/mol. The Labute approximate surface area is 166 Å². The van der Waals surface area contributed by atoms with Gasteiger partial charge in [-0.15, -0.1) is 0 Å². The average Bonchev–Trinajstić information content (AvgIpc) is 3.13. The first-order valence-corrected chi connectivity index (χ1v) is 9.22. The van der Waals surface area contributed by atoms with Gasteiger partial charge in [-0.05, 0) is 30.0 Å². The first-order chi connectivity index (χ1) is 14.1. The molecule has 0 saturated carbocycles. The van der Waals surface area contributed by atoms with Gasteiger partial charge >= 0.3 is 0 Å². The van der Waals surface area contributed by atoms with Crippen molar-refractivity contribution in [2.75, 3.05) is 0 Å². The fourth-order valence-electron chi connectivity index (χ4n) is 3.11. The number of ether oxygens (including phenoxy) is 1. The molecule has 0 aliphatic rings. The molecule has 0 fully saturated rings. The molecule has 0 aliphatic carbocycles. The normalized spacial score (nSPS) is 11.2. The van der Waals surface area contributed by atoms with Crippen LogP contribution >= 0.6 is 0 Å². The van der Waals surface area contributed by atoms with Crippen molar-refractivity contribution in [1.29, 1.82) is 0 Å². The summed E-state index contributed by atoms with van der Waals surface area (Å²) in [5.41, 5.74) is 3.00. The number of aromatic nitrogens is 3. The van der Waals surface area contributed by atoms with Crippen LogP contribution in [0.2, 0.25) is 0 Å². The highest BCUT2D eigenvalue weighted by atomic mass is 19.2. The number of halogens is 2. The lowest BCUT2D eigenvalue weighted by Crippen LogP contribution is -2.01. The van der Waals surface area contributed by atoms with Crippen molar-refractivity contribution in [3.05, 3.63) is 94.8 Å². The van der Waals surface area contributed by atoms with Crippen LogP contribution in [0.15, 0.2) is 60.7 Å². The van der Waals surface area contributed by atoms with E-state index in [0.717, 1.165) is 11.6 Å². The highest BCUT2D eigenvalue weighted by molar-refractivity contribution is 5.43. The molecule has 148 valence electrons. The zero-order valence-electron chi connectivity index (χ0n) is 15.6. The van der Waals surface area contributed by atoms with Crippen LogP contribution in [0.25, 0.3) is 5.65 Å². The highest BCUT2D eigenvalue weighted by Gasteiger charge is 2.12. The van der Waals surface area contributed by atoms with E-state index < -0.39 is 11.6 Å². The molecule has 1 N–H and O–H groups in total. The van der Waals surface area contributed by atoms with Gasteiger partial charge in [0.2, 0.25) is 5.88 Å². The summed E-state index contributed by atoms with van der Waals surface area (Å²) >= 11 is 0. The molecule has 0 unspecified atom stereocenters. The number of nitrogens with zero attached hydrogens (tertiary/aromatic N) is 3. The van der Waals surface area contributed by atoms with Gasteiger partial charge in [0.1, 0.15) is 0 Å². The second-order valence-electron chi connectivity index (χ2n) is 6.70.